The van der Waals surface area contributed by atoms with Crippen molar-refractivity contribution in [3.8, 4) is 17.0 Å². The minimum Gasteiger partial charge on any atom is -0.479 e. The van der Waals surface area contributed by atoms with Crippen LogP contribution >= 0.6 is 11.3 Å². The molecule has 0 saturated carbocycles. The molecule has 0 aliphatic carbocycles. The highest BCUT2D eigenvalue weighted by molar-refractivity contribution is 7.16. The van der Waals surface area contributed by atoms with Gasteiger partial charge in [-0.1, -0.05) is 11.3 Å². The molecule has 3 aromatic heterocycles. The number of fused-ring (bicyclic) bond motifs is 1. The van der Waals surface area contributed by atoms with Crippen molar-refractivity contribution in [2.75, 3.05) is 12.4 Å². The summed E-state index contributed by atoms with van der Waals surface area (Å²) in [6, 6.07) is 2.73. The SMILES string of the molecule is COc1nnc(C(F)F)cc1-c1cc(C)ncc1C(=O)Nc1nc2c(s1)CN(C(=O)OC(C)(C)C)C2. The number of carbonyl (C=O) groups excluding carboxylic acids is 2. The lowest BCUT2D eigenvalue weighted by Gasteiger charge is -2.24. The van der Waals surface area contributed by atoms with Crippen LogP contribution in [0, 0.1) is 6.92 Å². The number of ether oxygens (including phenoxy) is 2. The summed E-state index contributed by atoms with van der Waals surface area (Å²) in [7, 11) is 1.33. The molecule has 0 unspecified atom stereocenters. The highest BCUT2D eigenvalue weighted by Gasteiger charge is 2.31. The van der Waals surface area contributed by atoms with Crippen LogP contribution in [0.3, 0.4) is 0 Å². The summed E-state index contributed by atoms with van der Waals surface area (Å²) in [6.07, 6.45) is -1.93. The molecule has 13 heteroatoms. The maximum absolute atomic E-state index is 13.3. The normalized spacial score (nSPS) is 13.1. The van der Waals surface area contributed by atoms with Crippen molar-refractivity contribution in [2.24, 2.45) is 0 Å². The first-order valence-corrected chi connectivity index (χ1v) is 11.7. The van der Waals surface area contributed by atoms with Crippen molar-refractivity contribution in [3.63, 3.8) is 0 Å². The van der Waals surface area contributed by atoms with Gasteiger partial charge in [-0.25, -0.2) is 18.6 Å². The number of anilines is 1. The Bertz CT molecular complexity index is 1300. The van der Waals surface area contributed by atoms with Gasteiger partial charge in [-0.2, -0.15) is 0 Å². The van der Waals surface area contributed by atoms with Gasteiger partial charge in [0.1, 0.15) is 11.3 Å². The fourth-order valence-corrected chi connectivity index (χ4v) is 4.50. The van der Waals surface area contributed by atoms with Crippen LogP contribution in [0.5, 0.6) is 5.88 Å². The van der Waals surface area contributed by atoms with Crippen molar-refractivity contribution in [1.82, 2.24) is 25.1 Å². The molecule has 190 valence electrons. The molecule has 0 saturated heterocycles. The Morgan fingerprint density at radius 3 is 2.56 bits per heavy atom. The number of amides is 2. The van der Waals surface area contributed by atoms with Crippen molar-refractivity contribution in [3.05, 3.63) is 45.9 Å². The Labute approximate surface area is 209 Å². The monoisotopic (exact) mass is 518 g/mol. The minimum atomic E-state index is -2.85. The molecule has 0 aromatic carbocycles. The third-order valence-corrected chi connectivity index (χ3v) is 6.09. The largest absolute Gasteiger partial charge is 0.479 e. The second kappa shape index (κ2) is 9.72. The second-order valence-corrected chi connectivity index (χ2v) is 10.1. The van der Waals surface area contributed by atoms with Gasteiger partial charge in [-0.05, 0) is 39.8 Å². The van der Waals surface area contributed by atoms with Crippen molar-refractivity contribution in [1.29, 1.82) is 0 Å². The summed E-state index contributed by atoms with van der Waals surface area (Å²) in [4.78, 5) is 36.5. The van der Waals surface area contributed by atoms with Crippen molar-refractivity contribution in [2.45, 2.75) is 52.8 Å². The minimum absolute atomic E-state index is 0.00508. The number of nitrogens with zero attached hydrogens (tertiary/aromatic N) is 5. The van der Waals surface area contributed by atoms with E-state index in [1.807, 2.05) is 0 Å². The van der Waals surface area contributed by atoms with E-state index in [1.165, 1.54) is 29.5 Å². The molecule has 1 aliphatic heterocycles. The number of methoxy groups -OCH3 is 1. The lowest BCUT2D eigenvalue weighted by atomic mass is 10.0. The van der Waals surface area contributed by atoms with Crippen LogP contribution in [0.1, 0.15) is 59.5 Å². The number of halogens is 2. The number of aromatic nitrogens is 4. The summed E-state index contributed by atoms with van der Waals surface area (Å²) in [6.45, 7) is 7.69. The summed E-state index contributed by atoms with van der Waals surface area (Å²) < 4.78 is 37.2. The summed E-state index contributed by atoms with van der Waals surface area (Å²) in [5.74, 6) is -0.541. The van der Waals surface area contributed by atoms with E-state index in [2.05, 4.69) is 25.5 Å². The number of thiazole rings is 1. The summed E-state index contributed by atoms with van der Waals surface area (Å²) in [5.41, 5.74) is 0.708. The van der Waals surface area contributed by atoms with E-state index in [9.17, 15) is 18.4 Å². The zero-order chi connectivity index (χ0) is 26.2. The third-order valence-electron chi connectivity index (χ3n) is 5.10. The van der Waals surface area contributed by atoms with Crippen LogP contribution in [0.15, 0.2) is 18.3 Å². The van der Waals surface area contributed by atoms with Gasteiger partial charge in [0.25, 0.3) is 12.3 Å². The van der Waals surface area contributed by atoms with Crippen LogP contribution < -0.4 is 10.1 Å². The molecule has 0 radical (unpaired) electrons. The molecule has 0 bridgehead atoms. The van der Waals surface area contributed by atoms with Gasteiger partial charge >= 0.3 is 6.09 Å². The van der Waals surface area contributed by atoms with Crippen LogP contribution in [-0.2, 0) is 17.8 Å². The van der Waals surface area contributed by atoms with Gasteiger partial charge in [0.05, 0.1) is 36.3 Å². The lowest BCUT2D eigenvalue weighted by Crippen LogP contribution is -2.33. The molecule has 3 aromatic rings. The van der Waals surface area contributed by atoms with Gasteiger partial charge in [-0.3, -0.25) is 20.0 Å². The fraction of sp³-hybridized carbons (Fsp3) is 0.391. The number of aryl methyl sites for hydroxylation is 1. The van der Waals surface area contributed by atoms with E-state index in [0.29, 0.717) is 28.6 Å². The number of carbonyl (C=O) groups is 2. The Hall–Kier alpha value is -3.74. The highest BCUT2D eigenvalue weighted by atomic mass is 32.1. The Balaban J connectivity index is 1.57. The Morgan fingerprint density at radius 2 is 1.92 bits per heavy atom. The predicted molar refractivity (Wildman–Crippen MR) is 127 cm³/mol. The molecule has 1 N–H and O–H groups in total. The standard InChI is InChI=1S/C23H24F2N6O4S/c1-11-6-12(13-7-15(18(24)25)29-30-20(13)34-5)14(8-26-11)19(32)28-21-27-16-9-31(10-17(16)36-21)22(33)35-23(2,3)4/h6-8,18H,9-10H2,1-5H3,(H,27,28,32). The number of nitrogens with one attached hydrogen (secondary N) is 1. The smallest absolute Gasteiger partial charge is 0.410 e. The summed E-state index contributed by atoms with van der Waals surface area (Å²) in [5, 5.41) is 10.3. The molecule has 1 aliphatic rings. The first-order chi connectivity index (χ1) is 16.9. The quantitative estimate of drug-likeness (QED) is 0.514. The molecule has 4 heterocycles. The lowest BCUT2D eigenvalue weighted by molar-refractivity contribution is 0.0241. The van der Waals surface area contributed by atoms with Crippen LogP contribution in [0.2, 0.25) is 0 Å². The Morgan fingerprint density at radius 1 is 1.17 bits per heavy atom. The molecular weight excluding hydrogens is 494 g/mol. The zero-order valence-corrected chi connectivity index (χ0v) is 21.1. The van der Waals surface area contributed by atoms with Gasteiger partial charge in [0, 0.05) is 23.0 Å². The summed E-state index contributed by atoms with van der Waals surface area (Å²) >= 11 is 1.24. The van der Waals surface area contributed by atoms with E-state index in [1.54, 1.807) is 33.8 Å². The van der Waals surface area contributed by atoms with Gasteiger partial charge in [0.2, 0.25) is 5.88 Å². The highest BCUT2D eigenvalue weighted by Crippen LogP contribution is 2.35. The van der Waals surface area contributed by atoms with Crippen LogP contribution in [0.25, 0.3) is 11.1 Å². The van der Waals surface area contributed by atoms with Crippen molar-refractivity contribution >= 4 is 28.5 Å². The Kier molecular flexibility index (Phi) is 6.85. The van der Waals surface area contributed by atoms with E-state index in [-0.39, 0.29) is 23.6 Å². The van der Waals surface area contributed by atoms with E-state index >= 15 is 0 Å². The number of rotatable bonds is 5. The van der Waals surface area contributed by atoms with Crippen molar-refractivity contribution < 1.29 is 27.8 Å². The molecule has 4 rings (SSSR count). The number of hydrogen-bond donors (Lipinski definition) is 1. The number of hydrogen-bond acceptors (Lipinski definition) is 9. The molecule has 0 spiro atoms. The molecule has 10 nitrogen and oxygen atoms in total. The molecule has 0 fully saturated rings. The average Bonchev–Trinajstić information content (AvgIpc) is 3.36. The van der Waals surface area contributed by atoms with E-state index in [0.717, 1.165) is 10.9 Å². The van der Waals surface area contributed by atoms with E-state index < -0.39 is 29.7 Å². The predicted octanol–water partition coefficient (Wildman–Crippen LogP) is 4.75. The van der Waals surface area contributed by atoms with Crippen LogP contribution in [-0.4, -0.2) is 49.8 Å². The first-order valence-electron chi connectivity index (χ1n) is 10.9. The fourth-order valence-electron chi connectivity index (χ4n) is 3.52. The van der Waals surface area contributed by atoms with Gasteiger partial charge < -0.3 is 9.47 Å². The average molecular weight is 519 g/mol. The van der Waals surface area contributed by atoms with E-state index in [4.69, 9.17) is 9.47 Å². The maximum atomic E-state index is 13.3. The number of pyridine rings is 1. The third kappa shape index (κ3) is 5.40. The molecule has 0 atom stereocenters. The first kappa shape index (κ1) is 25.4. The number of alkyl halides is 2. The second-order valence-electron chi connectivity index (χ2n) is 9.04. The molecule has 36 heavy (non-hydrogen) atoms. The van der Waals surface area contributed by atoms with Gasteiger partial charge in [-0.15, -0.1) is 10.2 Å². The topological polar surface area (TPSA) is 119 Å². The van der Waals surface area contributed by atoms with Crippen LogP contribution in [0.4, 0.5) is 18.7 Å². The van der Waals surface area contributed by atoms with Gasteiger partial charge in [0.15, 0.2) is 5.13 Å². The molecule has 2 amide bonds. The zero-order valence-electron chi connectivity index (χ0n) is 20.3. The molecular formula is C23H24F2N6O4S. The maximum Gasteiger partial charge on any atom is 0.410 e.